The molecule has 0 atom stereocenters. The summed E-state index contributed by atoms with van der Waals surface area (Å²) in [6.07, 6.45) is 0.794. The molecule has 0 fully saturated rings. The van der Waals surface area contributed by atoms with E-state index in [1.165, 1.54) is 33.2 Å². The van der Waals surface area contributed by atoms with Crippen molar-refractivity contribution < 1.29 is 4.79 Å². The molecule has 1 aromatic carbocycles. The molecule has 9 heteroatoms. The lowest BCUT2D eigenvalue weighted by Gasteiger charge is -2.06. The fraction of sp³-hybridized carbons (Fsp3) is 0.222. The number of rotatable bonds is 6. The third kappa shape index (κ3) is 3.47. The summed E-state index contributed by atoms with van der Waals surface area (Å²) in [6, 6.07) is 11.9. The number of aromatic nitrogens is 4. The van der Waals surface area contributed by atoms with Gasteiger partial charge in [-0.3, -0.25) is 18.6 Å². The second-order valence-electron chi connectivity index (χ2n) is 5.99. The highest BCUT2D eigenvalue weighted by molar-refractivity contribution is 7.99. The van der Waals surface area contributed by atoms with Crippen LogP contribution in [0.3, 0.4) is 0 Å². The maximum absolute atomic E-state index is 12.3. The van der Waals surface area contributed by atoms with Crippen molar-refractivity contribution in [3.8, 4) is 0 Å². The average molecular weight is 400 g/mol. The van der Waals surface area contributed by atoms with Crippen LogP contribution in [0.15, 0.2) is 51.7 Å². The van der Waals surface area contributed by atoms with Crippen LogP contribution in [-0.2, 0) is 18.3 Å². The predicted molar refractivity (Wildman–Crippen MR) is 107 cm³/mol. The average Bonchev–Trinajstić information content (AvgIpc) is 3.32. The van der Waals surface area contributed by atoms with Crippen LogP contribution >= 0.6 is 23.1 Å². The molecule has 0 spiro atoms. The fourth-order valence-corrected chi connectivity index (χ4v) is 4.46. The van der Waals surface area contributed by atoms with Gasteiger partial charge in [0.15, 0.2) is 5.16 Å². The van der Waals surface area contributed by atoms with Crippen molar-refractivity contribution in [1.82, 2.24) is 24.5 Å². The number of benzene rings is 1. The molecule has 0 unspecified atom stereocenters. The summed E-state index contributed by atoms with van der Waals surface area (Å²) in [6.45, 7) is 0.591. The minimum Gasteiger partial charge on any atom is -0.355 e. The summed E-state index contributed by atoms with van der Waals surface area (Å²) in [7, 11) is 1.68. The molecule has 0 saturated carbocycles. The van der Waals surface area contributed by atoms with Gasteiger partial charge in [-0.15, -0.1) is 21.5 Å². The van der Waals surface area contributed by atoms with E-state index in [0.29, 0.717) is 22.2 Å². The first-order chi connectivity index (χ1) is 13.1. The van der Waals surface area contributed by atoms with Gasteiger partial charge in [-0.25, -0.2) is 0 Å². The maximum Gasteiger partial charge on any atom is 0.272 e. The molecule has 7 nitrogen and oxygen atoms in total. The van der Waals surface area contributed by atoms with E-state index in [9.17, 15) is 9.59 Å². The lowest BCUT2D eigenvalue weighted by atomic mass is 10.1. The van der Waals surface area contributed by atoms with E-state index >= 15 is 0 Å². The summed E-state index contributed by atoms with van der Waals surface area (Å²) in [5.74, 6) is 0.654. The number of thioether (sulfide) groups is 1. The van der Waals surface area contributed by atoms with Gasteiger partial charge in [0.05, 0.1) is 11.3 Å². The van der Waals surface area contributed by atoms with Crippen LogP contribution in [0.25, 0.3) is 16.0 Å². The number of hydrogen-bond acceptors (Lipinski definition) is 6. The van der Waals surface area contributed by atoms with E-state index in [-0.39, 0.29) is 17.2 Å². The zero-order chi connectivity index (χ0) is 18.8. The summed E-state index contributed by atoms with van der Waals surface area (Å²) < 4.78 is 3.96. The summed E-state index contributed by atoms with van der Waals surface area (Å²) in [5, 5.41) is 13.7. The van der Waals surface area contributed by atoms with Gasteiger partial charge >= 0.3 is 0 Å². The van der Waals surface area contributed by atoms with Crippen LogP contribution in [0.1, 0.15) is 5.56 Å². The Balaban J connectivity index is 1.45. The molecular formula is C18H17N5O2S2. The minimum absolute atomic E-state index is 0.0564. The summed E-state index contributed by atoms with van der Waals surface area (Å²) in [4.78, 5) is 24.5. The first kappa shape index (κ1) is 17.7. The Morgan fingerprint density at radius 2 is 2.04 bits per heavy atom. The molecule has 138 valence electrons. The van der Waals surface area contributed by atoms with Gasteiger partial charge in [0.1, 0.15) is 4.70 Å². The third-order valence-corrected chi connectivity index (χ3v) is 6.03. The number of amides is 1. The molecule has 3 heterocycles. The Bertz CT molecular complexity index is 1160. The number of nitrogens with zero attached hydrogens (tertiary/aromatic N) is 4. The Morgan fingerprint density at radius 1 is 1.22 bits per heavy atom. The van der Waals surface area contributed by atoms with Crippen molar-refractivity contribution in [1.29, 1.82) is 0 Å². The molecular weight excluding hydrogens is 382 g/mol. The molecule has 3 aromatic heterocycles. The maximum atomic E-state index is 12.3. The number of carbonyl (C=O) groups excluding carboxylic acids is 1. The third-order valence-electron chi connectivity index (χ3n) is 4.21. The van der Waals surface area contributed by atoms with E-state index in [1.54, 1.807) is 7.05 Å². The van der Waals surface area contributed by atoms with Gasteiger partial charge in [-0.2, -0.15) is 0 Å². The molecule has 1 amide bonds. The van der Waals surface area contributed by atoms with Gasteiger partial charge in [0, 0.05) is 13.6 Å². The van der Waals surface area contributed by atoms with Crippen LogP contribution in [0.4, 0.5) is 0 Å². The zero-order valence-electron chi connectivity index (χ0n) is 14.6. The number of hydrogen-bond donors (Lipinski definition) is 1. The van der Waals surface area contributed by atoms with Gasteiger partial charge in [0.25, 0.3) is 5.56 Å². The largest absolute Gasteiger partial charge is 0.355 e. The summed E-state index contributed by atoms with van der Waals surface area (Å²) in [5.41, 5.74) is 1.87. The molecule has 0 saturated heterocycles. The van der Waals surface area contributed by atoms with E-state index in [4.69, 9.17) is 0 Å². The zero-order valence-corrected chi connectivity index (χ0v) is 16.2. The number of fused-ring (bicyclic) bond motifs is 3. The van der Waals surface area contributed by atoms with E-state index in [1.807, 2.05) is 46.2 Å². The second kappa shape index (κ2) is 7.53. The Hall–Kier alpha value is -2.65. The lowest BCUT2D eigenvalue weighted by Crippen LogP contribution is -2.27. The minimum atomic E-state index is -0.0879. The van der Waals surface area contributed by atoms with Crippen molar-refractivity contribution in [2.24, 2.45) is 7.05 Å². The molecule has 4 aromatic rings. The highest BCUT2D eigenvalue weighted by Gasteiger charge is 2.16. The van der Waals surface area contributed by atoms with Crippen molar-refractivity contribution >= 4 is 45.0 Å². The smallest absolute Gasteiger partial charge is 0.272 e. The molecule has 4 rings (SSSR count). The van der Waals surface area contributed by atoms with Gasteiger partial charge in [-0.1, -0.05) is 42.1 Å². The highest BCUT2D eigenvalue weighted by Crippen LogP contribution is 2.23. The van der Waals surface area contributed by atoms with Gasteiger partial charge < -0.3 is 5.32 Å². The van der Waals surface area contributed by atoms with Crippen LogP contribution in [0, 0.1) is 0 Å². The first-order valence-corrected chi connectivity index (χ1v) is 10.3. The predicted octanol–water partition coefficient (Wildman–Crippen LogP) is 2.09. The van der Waals surface area contributed by atoms with Crippen LogP contribution in [0.2, 0.25) is 0 Å². The Kier molecular flexibility index (Phi) is 4.95. The number of carbonyl (C=O) groups is 1. The van der Waals surface area contributed by atoms with Crippen molar-refractivity contribution in [3.63, 3.8) is 0 Å². The lowest BCUT2D eigenvalue weighted by molar-refractivity contribution is -0.118. The quantitative estimate of drug-likeness (QED) is 0.502. The molecule has 0 aliphatic heterocycles. The van der Waals surface area contributed by atoms with Crippen LogP contribution in [0.5, 0.6) is 0 Å². The first-order valence-electron chi connectivity index (χ1n) is 8.40. The van der Waals surface area contributed by atoms with E-state index in [0.717, 1.165) is 11.9 Å². The highest BCUT2D eigenvalue weighted by atomic mass is 32.2. The van der Waals surface area contributed by atoms with E-state index in [2.05, 4.69) is 15.5 Å². The van der Waals surface area contributed by atoms with Crippen LogP contribution in [-0.4, -0.2) is 37.4 Å². The molecule has 1 N–H and O–H groups in total. The van der Waals surface area contributed by atoms with Crippen LogP contribution < -0.4 is 10.9 Å². The van der Waals surface area contributed by atoms with Crippen molar-refractivity contribution in [2.75, 3.05) is 12.3 Å². The standard InChI is InChI=1S/C18H17N5O2S2/c1-22-16(25)15-13(8-10-26-15)23-17(22)20-21-18(23)27-11-14(24)19-9-7-12-5-3-2-4-6-12/h2-6,8,10H,7,9,11H2,1H3,(H,19,24). The monoisotopic (exact) mass is 399 g/mol. The number of aryl methyl sites for hydroxylation is 1. The summed E-state index contributed by atoms with van der Waals surface area (Å²) >= 11 is 2.70. The van der Waals surface area contributed by atoms with Gasteiger partial charge in [0.2, 0.25) is 11.7 Å². The molecule has 27 heavy (non-hydrogen) atoms. The van der Waals surface area contributed by atoms with Crippen molar-refractivity contribution in [2.45, 2.75) is 11.6 Å². The topological polar surface area (TPSA) is 81.3 Å². The van der Waals surface area contributed by atoms with Gasteiger partial charge in [-0.05, 0) is 23.4 Å². The van der Waals surface area contributed by atoms with E-state index < -0.39 is 0 Å². The normalized spacial score (nSPS) is 11.3. The van der Waals surface area contributed by atoms with Crippen molar-refractivity contribution in [3.05, 3.63) is 57.7 Å². The molecule has 0 radical (unpaired) electrons. The fourth-order valence-electron chi connectivity index (χ4n) is 2.84. The molecule has 0 aliphatic carbocycles. The second-order valence-corrected chi connectivity index (χ2v) is 7.85. The number of nitrogens with one attached hydrogen (secondary N) is 1. The molecule has 0 bridgehead atoms. The number of thiophene rings is 1. The molecule has 0 aliphatic rings. The Labute approximate surface area is 163 Å². The SMILES string of the molecule is Cn1c(=O)c2sccc2n2c(SCC(=O)NCCc3ccccc3)nnc12. The Morgan fingerprint density at radius 3 is 2.85 bits per heavy atom.